The molecular formula is C18H15ClFN3O3S. The van der Waals surface area contributed by atoms with E-state index >= 15 is 0 Å². The number of anilines is 1. The highest BCUT2D eigenvalue weighted by molar-refractivity contribution is 8.15. The minimum absolute atomic E-state index is 0.00821. The number of ether oxygens (including phenoxy) is 1. The first-order chi connectivity index (χ1) is 12.9. The lowest BCUT2D eigenvalue weighted by Crippen LogP contribution is -2.28. The molecule has 6 nitrogen and oxygen atoms in total. The third-order valence-corrected chi connectivity index (χ3v) is 5.03. The number of nitrogens with zero attached hydrogens (tertiary/aromatic N) is 1. The van der Waals surface area contributed by atoms with E-state index in [-0.39, 0.29) is 23.3 Å². The molecule has 140 valence electrons. The van der Waals surface area contributed by atoms with Gasteiger partial charge in [0, 0.05) is 12.1 Å². The molecule has 1 aliphatic rings. The smallest absolute Gasteiger partial charge is 0.240 e. The molecule has 0 aromatic heterocycles. The normalized spacial score (nSPS) is 17.7. The Morgan fingerprint density at radius 3 is 2.74 bits per heavy atom. The van der Waals surface area contributed by atoms with Crippen molar-refractivity contribution in [3.63, 3.8) is 0 Å². The van der Waals surface area contributed by atoms with Crippen LogP contribution in [0, 0.1) is 5.82 Å². The minimum atomic E-state index is -0.599. The van der Waals surface area contributed by atoms with Crippen molar-refractivity contribution in [1.82, 2.24) is 5.32 Å². The van der Waals surface area contributed by atoms with E-state index in [9.17, 15) is 14.0 Å². The van der Waals surface area contributed by atoms with Crippen molar-refractivity contribution in [1.29, 1.82) is 0 Å². The molecule has 0 spiro atoms. The fourth-order valence-corrected chi connectivity index (χ4v) is 3.48. The maximum atomic E-state index is 13.2. The summed E-state index contributed by atoms with van der Waals surface area (Å²) in [6.45, 7) is 0. The number of amides is 2. The predicted octanol–water partition coefficient (Wildman–Crippen LogP) is 3.74. The molecule has 2 aromatic rings. The van der Waals surface area contributed by atoms with E-state index in [0.717, 1.165) is 11.8 Å². The standard InChI is InChI=1S/C18H15ClFN3O3S/c1-26-12-5-2-10(3-6-12)21-16(24)9-15-17(25)23-18(27-15)22-11-4-7-14(20)13(19)8-11/h2-8,15H,9H2,1H3,(H,21,24)(H,22,23,25)/t15-/m1/s1. The van der Waals surface area contributed by atoms with Crippen LogP contribution in [0.2, 0.25) is 5.02 Å². The summed E-state index contributed by atoms with van der Waals surface area (Å²) in [7, 11) is 1.56. The molecule has 0 unspecified atom stereocenters. The average Bonchev–Trinajstić information content (AvgIpc) is 2.97. The fraction of sp³-hybridized carbons (Fsp3) is 0.167. The van der Waals surface area contributed by atoms with Gasteiger partial charge in [-0.25, -0.2) is 9.38 Å². The highest BCUT2D eigenvalue weighted by Gasteiger charge is 2.32. The Balaban J connectivity index is 1.60. The lowest BCUT2D eigenvalue weighted by molar-refractivity contribution is -0.122. The van der Waals surface area contributed by atoms with Crippen LogP contribution in [0.4, 0.5) is 15.8 Å². The van der Waals surface area contributed by atoms with Crippen LogP contribution < -0.4 is 15.4 Å². The van der Waals surface area contributed by atoms with E-state index in [2.05, 4.69) is 15.6 Å². The molecule has 27 heavy (non-hydrogen) atoms. The van der Waals surface area contributed by atoms with Crippen LogP contribution in [0.15, 0.2) is 47.5 Å². The van der Waals surface area contributed by atoms with Crippen molar-refractivity contribution in [2.24, 2.45) is 4.99 Å². The summed E-state index contributed by atoms with van der Waals surface area (Å²) < 4.78 is 18.3. The lowest BCUT2D eigenvalue weighted by Gasteiger charge is -2.08. The number of hydrogen-bond donors (Lipinski definition) is 2. The van der Waals surface area contributed by atoms with Crippen LogP contribution in [0.5, 0.6) is 5.75 Å². The largest absolute Gasteiger partial charge is 0.497 e. The number of nitrogens with one attached hydrogen (secondary N) is 2. The van der Waals surface area contributed by atoms with Gasteiger partial charge in [0.15, 0.2) is 5.17 Å². The van der Waals surface area contributed by atoms with Crippen LogP contribution in [0.1, 0.15) is 6.42 Å². The highest BCUT2D eigenvalue weighted by Crippen LogP contribution is 2.27. The molecular weight excluding hydrogens is 393 g/mol. The van der Waals surface area contributed by atoms with Gasteiger partial charge in [0.05, 0.1) is 17.8 Å². The summed E-state index contributed by atoms with van der Waals surface area (Å²) in [6, 6.07) is 10.9. The molecule has 1 heterocycles. The molecule has 1 atom stereocenters. The number of carbonyl (C=O) groups is 2. The zero-order valence-corrected chi connectivity index (χ0v) is 15.7. The SMILES string of the molecule is COc1ccc(NC(=O)C[C@H]2SC(=Nc3ccc(F)c(Cl)c3)NC2=O)cc1. The van der Waals surface area contributed by atoms with Crippen LogP contribution in [-0.4, -0.2) is 29.3 Å². The van der Waals surface area contributed by atoms with E-state index in [1.807, 2.05) is 0 Å². The predicted molar refractivity (Wildman–Crippen MR) is 104 cm³/mol. The van der Waals surface area contributed by atoms with Crippen molar-refractivity contribution in [3.05, 3.63) is 53.3 Å². The van der Waals surface area contributed by atoms with Crippen molar-refractivity contribution in [2.45, 2.75) is 11.7 Å². The summed E-state index contributed by atoms with van der Waals surface area (Å²) in [5, 5.41) is 5.03. The van der Waals surface area contributed by atoms with Crippen LogP contribution >= 0.6 is 23.4 Å². The molecule has 1 fully saturated rings. The highest BCUT2D eigenvalue weighted by atomic mass is 35.5. The number of halogens is 2. The number of aliphatic imine (C=N–C) groups is 1. The van der Waals surface area contributed by atoms with Gasteiger partial charge in [-0.2, -0.15) is 0 Å². The topological polar surface area (TPSA) is 79.8 Å². The molecule has 9 heteroatoms. The summed E-state index contributed by atoms with van der Waals surface area (Å²) >= 11 is 6.86. The average molecular weight is 408 g/mol. The van der Waals surface area contributed by atoms with E-state index in [1.165, 1.54) is 18.2 Å². The summed E-state index contributed by atoms with van der Waals surface area (Å²) in [5.74, 6) is -0.465. The second kappa shape index (κ2) is 8.41. The summed E-state index contributed by atoms with van der Waals surface area (Å²) in [6.07, 6.45) is -0.00821. The Kier molecular flexibility index (Phi) is 5.98. The molecule has 0 bridgehead atoms. The Bertz CT molecular complexity index is 905. The van der Waals surface area contributed by atoms with Crippen molar-refractivity contribution < 1.29 is 18.7 Å². The van der Waals surface area contributed by atoms with Gasteiger partial charge in [0.25, 0.3) is 0 Å². The molecule has 3 rings (SSSR count). The Hall–Kier alpha value is -2.58. The molecule has 0 aliphatic carbocycles. The summed E-state index contributed by atoms with van der Waals surface area (Å²) in [4.78, 5) is 28.5. The van der Waals surface area contributed by atoms with Crippen LogP contribution in [-0.2, 0) is 9.59 Å². The molecule has 0 radical (unpaired) electrons. The van der Waals surface area contributed by atoms with Gasteiger partial charge in [-0.3, -0.25) is 9.59 Å². The quantitative estimate of drug-likeness (QED) is 0.791. The van der Waals surface area contributed by atoms with E-state index < -0.39 is 11.1 Å². The Labute approximate surface area is 164 Å². The van der Waals surface area contributed by atoms with E-state index in [4.69, 9.17) is 16.3 Å². The van der Waals surface area contributed by atoms with Gasteiger partial charge in [-0.05, 0) is 42.5 Å². The molecule has 0 saturated carbocycles. The first-order valence-corrected chi connectivity index (χ1v) is 9.15. The number of amidine groups is 1. The minimum Gasteiger partial charge on any atom is -0.497 e. The lowest BCUT2D eigenvalue weighted by atomic mass is 10.2. The number of carbonyl (C=O) groups excluding carboxylic acids is 2. The summed E-state index contributed by atoms with van der Waals surface area (Å²) in [5.41, 5.74) is 1.02. The molecule has 1 aliphatic heterocycles. The van der Waals surface area contributed by atoms with Gasteiger partial charge in [0.2, 0.25) is 11.8 Å². The molecule has 1 saturated heterocycles. The van der Waals surface area contributed by atoms with E-state index in [1.54, 1.807) is 31.4 Å². The second-order valence-electron chi connectivity index (χ2n) is 5.59. The van der Waals surface area contributed by atoms with Gasteiger partial charge in [0.1, 0.15) is 16.8 Å². The maximum absolute atomic E-state index is 13.2. The number of methoxy groups -OCH3 is 1. The monoisotopic (exact) mass is 407 g/mol. The van der Waals surface area contributed by atoms with Gasteiger partial charge >= 0.3 is 0 Å². The molecule has 2 N–H and O–H groups in total. The van der Waals surface area contributed by atoms with Crippen LogP contribution in [0.3, 0.4) is 0 Å². The van der Waals surface area contributed by atoms with Crippen molar-refractivity contribution >= 4 is 51.7 Å². The number of thioether (sulfide) groups is 1. The number of hydrogen-bond acceptors (Lipinski definition) is 5. The zero-order chi connectivity index (χ0) is 19.4. The maximum Gasteiger partial charge on any atom is 0.240 e. The first-order valence-electron chi connectivity index (χ1n) is 7.90. The van der Waals surface area contributed by atoms with Crippen molar-refractivity contribution in [2.75, 3.05) is 12.4 Å². The molecule has 2 amide bonds. The van der Waals surface area contributed by atoms with Crippen LogP contribution in [0.25, 0.3) is 0 Å². The zero-order valence-electron chi connectivity index (χ0n) is 14.2. The third kappa shape index (κ3) is 4.99. The van der Waals surface area contributed by atoms with Crippen molar-refractivity contribution in [3.8, 4) is 5.75 Å². The Morgan fingerprint density at radius 2 is 2.07 bits per heavy atom. The van der Waals surface area contributed by atoms with Gasteiger partial charge in [-0.1, -0.05) is 23.4 Å². The second-order valence-corrected chi connectivity index (χ2v) is 7.19. The van der Waals surface area contributed by atoms with Gasteiger partial charge < -0.3 is 15.4 Å². The Morgan fingerprint density at radius 1 is 1.33 bits per heavy atom. The first kappa shape index (κ1) is 19.2. The third-order valence-electron chi connectivity index (χ3n) is 3.65. The molecule has 2 aromatic carbocycles. The van der Waals surface area contributed by atoms with Gasteiger partial charge in [-0.15, -0.1) is 0 Å². The number of benzene rings is 2. The number of rotatable bonds is 5. The fourth-order valence-electron chi connectivity index (χ4n) is 2.32. The van der Waals surface area contributed by atoms with E-state index in [0.29, 0.717) is 22.3 Å².